The van der Waals surface area contributed by atoms with Gasteiger partial charge >= 0.3 is 0 Å². The van der Waals surface area contributed by atoms with Crippen LogP contribution < -0.4 is 5.32 Å². The first kappa shape index (κ1) is 14.8. The summed E-state index contributed by atoms with van der Waals surface area (Å²) < 4.78 is 6.18. The highest BCUT2D eigenvalue weighted by Gasteiger charge is 2.32. The number of piperidine rings is 1. The van der Waals surface area contributed by atoms with Crippen LogP contribution >= 0.6 is 0 Å². The van der Waals surface area contributed by atoms with E-state index in [-0.39, 0.29) is 0 Å². The van der Waals surface area contributed by atoms with Crippen molar-refractivity contribution in [3.05, 3.63) is 0 Å². The van der Waals surface area contributed by atoms with Gasteiger partial charge < -0.3 is 10.1 Å². The van der Waals surface area contributed by atoms with Crippen molar-refractivity contribution in [2.24, 2.45) is 0 Å². The minimum Gasteiger partial charge on any atom is -0.372 e. The molecule has 0 amide bonds. The number of ether oxygens (including phenoxy) is 1. The van der Waals surface area contributed by atoms with Gasteiger partial charge in [0.05, 0.1) is 12.2 Å². The molecule has 3 aliphatic heterocycles. The maximum absolute atomic E-state index is 6.18. The molecule has 3 fully saturated rings. The van der Waals surface area contributed by atoms with Gasteiger partial charge in [-0.15, -0.1) is 0 Å². The largest absolute Gasteiger partial charge is 0.372 e. The average molecular weight is 281 g/mol. The van der Waals surface area contributed by atoms with Crippen molar-refractivity contribution < 1.29 is 4.74 Å². The van der Waals surface area contributed by atoms with E-state index < -0.39 is 0 Å². The lowest BCUT2D eigenvalue weighted by Gasteiger charge is -2.44. The van der Waals surface area contributed by atoms with E-state index in [2.05, 4.69) is 22.0 Å². The summed E-state index contributed by atoms with van der Waals surface area (Å²) >= 11 is 0. The highest BCUT2D eigenvalue weighted by Crippen LogP contribution is 2.24. The molecule has 0 aromatic rings. The second-order valence-electron chi connectivity index (χ2n) is 6.71. The normalized spacial score (nSPS) is 36.1. The topological polar surface area (TPSA) is 27.7 Å². The third-order valence-corrected chi connectivity index (χ3v) is 5.20. The molecule has 3 aliphatic rings. The molecule has 0 aliphatic carbocycles. The average Bonchev–Trinajstić information content (AvgIpc) is 2.92. The van der Waals surface area contributed by atoms with Gasteiger partial charge in [-0.05, 0) is 38.8 Å². The van der Waals surface area contributed by atoms with Gasteiger partial charge in [-0.2, -0.15) is 0 Å². The summed E-state index contributed by atoms with van der Waals surface area (Å²) in [5.74, 6) is 0. The number of hydrogen-bond donors (Lipinski definition) is 1. The predicted octanol–water partition coefficient (Wildman–Crippen LogP) is 1.31. The van der Waals surface area contributed by atoms with Crippen LogP contribution in [0, 0.1) is 0 Å². The van der Waals surface area contributed by atoms with Crippen LogP contribution in [0.3, 0.4) is 0 Å². The summed E-state index contributed by atoms with van der Waals surface area (Å²) in [4.78, 5) is 5.37. The molecule has 0 radical (unpaired) electrons. The fourth-order valence-corrected chi connectivity index (χ4v) is 4.04. The molecule has 0 aromatic carbocycles. The quantitative estimate of drug-likeness (QED) is 0.822. The van der Waals surface area contributed by atoms with Crippen LogP contribution in [0.4, 0.5) is 0 Å². The number of nitrogens with one attached hydrogen (secondary N) is 1. The lowest BCUT2D eigenvalue weighted by atomic mass is 9.99. The van der Waals surface area contributed by atoms with Crippen molar-refractivity contribution in [1.29, 1.82) is 0 Å². The first-order valence-electron chi connectivity index (χ1n) is 8.67. The first-order valence-corrected chi connectivity index (χ1v) is 8.67. The van der Waals surface area contributed by atoms with Crippen LogP contribution in [0.1, 0.15) is 39.0 Å². The zero-order chi connectivity index (χ0) is 13.8. The lowest BCUT2D eigenvalue weighted by molar-refractivity contribution is -0.00566. The van der Waals surface area contributed by atoms with E-state index in [1.54, 1.807) is 0 Å². The van der Waals surface area contributed by atoms with E-state index in [1.807, 2.05) is 0 Å². The Morgan fingerprint density at radius 1 is 1.05 bits per heavy atom. The molecule has 0 spiro atoms. The fraction of sp³-hybridized carbons (Fsp3) is 1.00. The summed E-state index contributed by atoms with van der Waals surface area (Å²) in [7, 11) is 0. The maximum atomic E-state index is 6.18. The summed E-state index contributed by atoms with van der Waals surface area (Å²) in [5, 5.41) is 3.41. The Labute approximate surface area is 123 Å². The molecular weight excluding hydrogens is 250 g/mol. The Balaban J connectivity index is 1.40. The molecular formula is C16H31N3O. The summed E-state index contributed by atoms with van der Waals surface area (Å²) in [6.45, 7) is 10.5. The Bertz CT molecular complexity index is 299. The molecule has 3 rings (SSSR count). The first-order chi connectivity index (χ1) is 9.85. The van der Waals surface area contributed by atoms with Gasteiger partial charge in [-0.3, -0.25) is 9.80 Å². The second-order valence-corrected chi connectivity index (χ2v) is 6.71. The van der Waals surface area contributed by atoms with Gasteiger partial charge in [0.1, 0.15) is 0 Å². The Hall–Kier alpha value is -0.160. The summed E-state index contributed by atoms with van der Waals surface area (Å²) in [5.41, 5.74) is 0. The van der Waals surface area contributed by atoms with Crippen LogP contribution in [0.2, 0.25) is 0 Å². The molecule has 4 nitrogen and oxygen atoms in total. The smallest absolute Gasteiger partial charge is 0.0707 e. The van der Waals surface area contributed by atoms with Gasteiger partial charge in [0.25, 0.3) is 0 Å². The molecule has 0 bridgehead atoms. The van der Waals surface area contributed by atoms with Gasteiger partial charge in [0.2, 0.25) is 0 Å². The molecule has 20 heavy (non-hydrogen) atoms. The molecule has 0 aromatic heterocycles. The summed E-state index contributed by atoms with van der Waals surface area (Å²) in [6.07, 6.45) is 7.67. The molecule has 1 N–H and O–H groups in total. The number of piperazine rings is 1. The Kier molecular flexibility index (Phi) is 5.32. The Morgan fingerprint density at radius 2 is 1.95 bits per heavy atom. The van der Waals surface area contributed by atoms with E-state index in [0.29, 0.717) is 12.2 Å². The molecule has 3 atom stereocenters. The van der Waals surface area contributed by atoms with Gasteiger partial charge in [-0.25, -0.2) is 0 Å². The van der Waals surface area contributed by atoms with E-state index in [9.17, 15) is 0 Å². The number of rotatable bonds is 5. The van der Waals surface area contributed by atoms with Crippen molar-refractivity contribution in [2.45, 2.75) is 57.3 Å². The zero-order valence-electron chi connectivity index (χ0n) is 13.0. The van der Waals surface area contributed by atoms with Crippen LogP contribution in [-0.4, -0.2) is 73.9 Å². The summed E-state index contributed by atoms with van der Waals surface area (Å²) in [6, 6.07) is 0.830. The third kappa shape index (κ3) is 3.73. The molecule has 3 heterocycles. The van der Waals surface area contributed by atoms with Crippen molar-refractivity contribution in [3.63, 3.8) is 0 Å². The number of fused-ring (bicyclic) bond motifs is 1. The minimum absolute atomic E-state index is 0.455. The highest BCUT2D eigenvalue weighted by molar-refractivity contribution is 4.87. The van der Waals surface area contributed by atoms with Crippen LogP contribution in [0.15, 0.2) is 0 Å². The molecule has 0 saturated carbocycles. The van der Waals surface area contributed by atoms with Gasteiger partial charge in [-0.1, -0.05) is 13.3 Å². The van der Waals surface area contributed by atoms with Crippen molar-refractivity contribution in [1.82, 2.24) is 15.1 Å². The van der Waals surface area contributed by atoms with Gasteiger partial charge in [0, 0.05) is 38.8 Å². The highest BCUT2D eigenvalue weighted by atomic mass is 16.5. The monoisotopic (exact) mass is 281 g/mol. The number of nitrogens with zero attached hydrogens (tertiary/aromatic N) is 2. The standard InChI is InChI=1S/C16H31N3O/c1-2-17-11-15-6-7-16(20-15)13-18-9-10-19-8-4-3-5-14(19)12-18/h14-17H,2-13H2,1H3. The second kappa shape index (κ2) is 7.21. The predicted molar refractivity (Wildman–Crippen MR) is 82.1 cm³/mol. The van der Waals surface area contributed by atoms with E-state index in [4.69, 9.17) is 4.74 Å². The fourth-order valence-electron chi connectivity index (χ4n) is 4.04. The molecule has 116 valence electrons. The lowest BCUT2D eigenvalue weighted by Crippen LogP contribution is -2.55. The minimum atomic E-state index is 0.455. The molecule has 3 unspecified atom stereocenters. The number of likely N-dealkylation sites (N-methyl/N-ethyl adjacent to an activating group) is 1. The Morgan fingerprint density at radius 3 is 2.85 bits per heavy atom. The number of hydrogen-bond acceptors (Lipinski definition) is 4. The van der Waals surface area contributed by atoms with Crippen LogP contribution in [0.5, 0.6) is 0 Å². The third-order valence-electron chi connectivity index (χ3n) is 5.20. The molecule has 4 heteroatoms. The maximum Gasteiger partial charge on any atom is 0.0707 e. The molecule has 3 saturated heterocycles. The van der Waals surface area contributed by atoms with Crippen molar-refractivity contribution in [3.8, 4) is 0 Å². The van der Waals surface area contributed by atoms with Crippen molar-refractivity contribution in [2.75, 3.05) is 45.8 Å². The van der Waals surface area contributed by atoms with Crippen molar-refractivity contribution >= 4 is 0 Å². The van der Waals surface area contributed by atoms with E-state index in [0.717, 1.165) is 25.7 Å². The van der Waals surface area contributed by atoms with E-state index >= 15 is 0 Å². The van der Waals surface area contributed by atoms with E-state index in [1.165, 1.54) is 58.3 Å². The van der Waals surface area contributed by atoms with Crippen LogP contribution in [-0.2, 0) is 4.74 Å². The zero-order valence-corrected chi connectivity index (χ0v) is 13.0. The van der Waals surface area contributed by atoms with Gasteiger partial charge in [0.15, 0.2) is 0 Å². The van der Waals surface area contributed by atoms with Crippen LogP contribution in [0.25, 0.3) is 0 Å². The SMILES string of the molecule is CCNCC1CCC(CN2CCN3CCCCC3C2)O1.